The van der Waals surface area contributed by atoms with E-state index in [1.54, 1.807) is 11.8 Å². The van der Waals surface area contributed by atoms with E-state index in [1.807, 2.05) is 48.9 Å². The molecule has 0 aliphatic heterocycles. The minimum Gasteiger partial charge on any atom is -0.465 e. The zero-order chi connectivity index (χ0) is 18.9. The average molecular weight is 396 g/mol. The van der Waals surface area contributed by atoms with Crippen LogP contribution in [-0.2, 0) is 16.0 Å². The minimum atomic E-state index is -0.415. The summed E-state index contributed by atoms with van der Waals surface area (Å²) in [6.45, 7) is 6.97. The van der Waals surface area contributed by atoms with E-state index in [2.05, 4.69) is 17.2 Å². The van der Waals surface area contributed by atoms with E-state index < -0.39 is 6.04 Å². The van der Waals surface area contributed by atoms with Crippen molar-refractivity contribution in [1.82, 2.24) is 14.9 Å². The molecule has 1 N–H and O–H groups in total. The van der Waals surface area contributed by atoms with Crippen molar-refractivity contribution in [2.45, 2.75) is 44.8 Å². The molecule has 26 heavy (non-hydrogen) atoms. The number of ether oxygens (including phenoxy) is 1. The molecule has 1 atom stereocenters. The van der Waals surface area contributed by atoms with Crippen molar-refractivity contribution < 1.29 is 9.53 Å². The highest BCUT2D eigenvalue weighted by molar-refractivity contribution is 7.99. The van der Waals surface area contributed by atoms with E-state index in [1.165, 1.54) is 0 Å². The van der Waals surface area contributed by atoms with Gasteiger partial charge in [0.05, 0.1) is 17.3 Å². The van der Waals surface area contributed by atoms with Crippen molar-refractivity contribution in [2.24, 2.45) is 0 Å². The van der Waals surface area contributed by atoms with E-state index in [0.29, 0.717) is 24.6 Å². The molecule has 0 radical (unpaired) electrons. The number of imidazole rings is 1. The highest BCUT2D eigenvalue weighted by atomic mass is 35.5. The maximum absolute atomic E-state index is 12.3. The van der Waals surface area contributed by atoms with Gasteiger partial charge in [-0.3, -0.25) is 9.36 Å². The minimum absolute atomic E-state index is 0.246. The van der Waals surface area contributed by atoms with E-state index in [9.17, 15) is 4.79 Å². The topological polar surface area (TPSA) is 56.1 Å². The van der Waals surface area contributed by atoms with Crippen molar-refractivity contribution in [1.29, 1.82) is 0 Å². The van der Waals surface area contributed by atoms with Crippen LogP contribution in [0, 0.1) is 0 Å². The first-order valence-electron chi connectivity index (χ1n) is 8.96. The number of nitrogens with one attached hydrogen (secondary N) is 1. The largest absolute Gasteiger partial charge is 0.465 e. The Bertz CT molecular complexity index is 721. The molecule has 2 aromatic rings. The van der Waals surface area contributed by atoms with Crippen LogP contribution in [0.3, 0.4) is 0 Å². The number of likely N-dealkylation sites (N-methyl/N-ethyl adjacent to an activating group) is 1. The fraction of sp³-hybridized carbons (Fsp3) is 0.474. The zero-order valence-electron chi connectivity index (χ0n) is 15.5. The van der Waals surface area contributed by atoms with Gasteiger partial charge >= 0.3 is 5.97 Å². The monoisotopic (exact) mass is 395 g/mol. The van der Waals surface area contributed by atoms with Crippen LogP contribution in [0.4, 0.5) is 0 Å². The molecule has 0 bridgehead atoms. The molecule has 5 nitrogen and oxygen atoms in total. The van der Waals surface area contributed by atoms with Gasteiger partial charge in [0.2, 0.25) is 0 Å². The molecule has 0 amide bonds. The Hall–Kier alpha value is -1.50. The molecule has 0 saturated heterocycles. The molecule has 2 rings (SSSR count). The van der Waals surface area contributed by atoms with E-state index >= 15 is 0 Å². The molecule has 7 heteroatoms. The average Bonchev–Trinajstić information content (AvgIpc) is 3.02. The fourth-order valence-electron chi connectivity index (χ4n) is 2.64. The number of hydrogen-bond acceptors (Lipinski definition) is 5. The Kier molecular flexibility index (Phi) is 8.48. The molecule has 0 fully saturated rings. The summed E-state index contributed by atoms with van der Waals surface area (Å²) < 4.78 is 7.26. The van der Waals surface area contributed by atoms with E-state index in [4.69, 9.17) is 16.3 Å². The van der Waals surface area contributed by atoms with E-state index in [-0.39, 0.29) is 5.97 Å². The number of halogens is 1. The van der Waals surface area contributed by atoms with Gasteiger partial charge in [-0.2, -0.15) is 0 Å². The van der Waals surface area contributed by atoms with Gasteiger partial charge in [-0.1, -0.05) is 49.3 Å². The number of carbonyl (C=O) groups excluding carboxylic acids is 1. The van der Waals surface area contributed by atoms with Crippen molar-refractivity contribution in [3.05, 3.63) is 41.2 Å². The van der Waals surface area contributed by atoms with Crippen LogP contribution in [0.5, 0.6) is 0 Å². The number of rotatable bonds is 10. The van der Waals surface area contributed by atoms with Crippen LogP contribution < -0.4 is 5.32 Å². The summed E-state index contributed by atoms with van der Waals surface area (Å²) in [5, 5.41) is 4.74. The summed E-state index contributed by atoms with van der Waals surface area (Å²) in [6, 6.07) is 7.27. The van der Waals surface area contributed by atoms with Gasteiger partial charge in [0.25, 0.3) is 0 Å². The van der Waals surface area contributed by atoms with Gasteiger partial charge < -0.3 is 10.1 Å². The van der Waals surface area contributed by atoms with Crippen LogP contribution in [-0.4, -0.2) is 40.5 Å². The number of aromatic nitrogens is 2. The number of hydrogen-bond donors (Lipinski definition) is 1. The van der Waals surface area contributed by atoms with Crippen LogP contribution in [0.15, 0.2) is 35.6 Å². The standard InChI is InChI=1S/C19H26ClN3O2S/c1-4-11-26-19-22-13-14(12-16(21-5-2)18(24)25-6-3)23(19)17-10-8-7-9-15(17)20/h7-10,13,16,21H,4-6,11-12H2,1-3H3/t16-/m0/s1. The number of benzene rings is 1. The highest BCUT2D eigenvalue weighted by Crippen LogP contribution is 2.29. The third-order valence-corrected chi connectivity index (χ3v) is 5.24. The lowest BCUT2D eigenvalue weighted by Crippen LogP contribution is -2.40. The lowest BCUT2D eigenvalue weighted by Gasteiger charge is -2.18. The number of nitrogens with zero attached hydrogens (tertiary/aromatic N) is 2. The van der Waals surface area contributed by atoms with Crippen LogP contribution in [0.25, 0.3) is 5.69 Å². The molecular formula is C19H26ClN3O2S. The predicted molar refractivity (Wildman–Crippen MR) is 107 cm³/mol. The number of carbonyl (C=O) groups is 1. The quantitative estimate of drug-likeness (QED) is 0.484. The Morgan fingerprint density at radius 1 is 1.35 bits per heavy atom. The fourth-order valence-corrected chi connectivity index (χ4v) is 3.71. The Balaban J connectivity index is 2.39. The Morgan fingerprint density at radius 3 is 2.77 bits per heavy atom. The molecule has 1 aromatic heterocycles. The second-order valence-electron chi connectivity index (χ2n) is 5.73. The predicted octanol–water partition coefficient (Wildman–Crippen LogP) is 4.11. The lowest BCUT2D eigenvalue weighted by molar-refractivity contribution is -0.145. The van der Waals surface area contributed by atoms with Crippen molar-refractivity contribution in [2.75, 3.05) is 18.9 Å². The molecule has 0 aliphatic carbocycles. The smallest absolute Gasteiger partial charge is 0.323 e. The van der Waals surface area contributed by atoms with Gasteiger partial charge in [-0.15, -0.1) is 0 Å². The van der Waals surface area contributed by atoms with Crippen LogP contribution >= 0.6 is 23.4 Å². The first-order chi connectivity index (χ1) is 12.6. The second-order valence-corrected chi connectivity index (χ2v) is 7.20. The van der Waals surface area contributed by atoms with Gasteiger partial charge in [0, 0.05) is 24.1 Å². The van der Waals surface area contributed by atoms with Gasteiger partial charge in [0.15, 0.2) is 5.16 Å². The summed E-state index contributed by atoms with van der Waals surface area (Å²) >= 11 is 8.13. The number of esters is 1. The highest BCUT2D eigenvalue weighted by Gasteiger charge is 2.23. The normalized spacial score (nSPS) is 12.2. The van der Waals surface area contributed by atoms with Crippen molar-refractivity contribution >= 4 is 29.3 Å². The number of para-hydroxylation sites is 1. The van der Waals surface area contributed by atoms with Gasteiger partial charge in [-0.25, -0.2) is 4.98 Å². The van der Waals surface area contributed by atoms with E-state index in [0.717, 1.165) is 28.7 Å². The summed E-state index contributed by atoms with van der Waals surface area (Å²) in [6.07, 6.45) is 3.36. The first-order valence-corrected chi connectivity index (χ1v) is 10.3. The summed E-state index contributed by atoms with van der Waals surface area (Å²) in [7, 11) is 0. The Morgan fingerprint density at radius 2 is 2.12 bits per heavy atom. The summed E-state index contributed by atoms with van der Waals surface area (Å²) in [5.74, 6) is 0.721. The summed E-state index contributed by atoms with van der Waals surface area (Å²) in [4.78, 5) is 16.9. The maximum Gasteiger partial charge on any atom is 0.323 e. The third kappa shape index (κ3) is 5.25. The molecule has 1 aromatic carbocycles. The molecule has 0 spiro atoms. The van der Waals surface area contributed by atoms with Gasteiger partial charge in [0.1, 0.15) is 6.04 Å². The third-order valence-electron chi connectivity index (χ3n) is 3.77. The molecule has 0 unspecified atom stereocenters. The molecule has 0 saturated carbocycles. The first kappa shape index (κ1) is 20.8. The van der Waals surface area contributed by atoms with Crippen molar-refractivity contribution in [3.8, 4) is 5.69 Å². The summed E-state index contributed by atoms with van der Waals surface area (Å²) in [5.41, 5.74) is 1.80. The molecule has 0 aliphatic rings. The lowest BCUT2D eigenvalue weighted by atomic mass is 10.1. The second kappa shape index (κ2) is 10.6. The zero-order valence-corrected chi connectivity index (χ0v) is 17.1. The SMILES string of the molecule is CCCSc1ncc(C[C@H](NCC)C(=O)OCC)n1-c1ccccc1Cl. The molecule has 1 heterocycles. The Labute approximate surface area is 164 Å². The maximum atomic E-state index is 12.3. The molecular weight excluding hydrogens is 370 g/mol. The number of thioether (sulfide) groups is 1. The van der Waals surface area contributed by atoms with Crippen molar-refractivity contribution in [3.63, 3.8) is 0 Å². The van der Waals surface area contributed by atoms with Gasteiger partial charge in [-0.05, 0) is 32.0 Å². The van der Waals surface area contributed by atoms with Crippen LogP contribution in [0.2, 0.25) is 5.02 Å². The van der Waals surface area contributed by atoms with Crippen LogP contribution in [0.1, 0.15) is 32.9 Å². The molecule has 142 valence electrons.